The van der Waals surface area contributed by atoms with Crippen LogP contribution in [0.15, 0.2) is 16.5 Å². The Hall–Kier alpha value is -2.02. The number of aromatic carboxylic acids is 1. The largest absolute Gasteiger partial charge is 0.475 e. The smallest absolute Gasteiger partial charge is 0.371 e. The fourth-order valence-corrected chi connectivity index (χ4v) is 2.05. The molecule has 110 valence electrons. The van der Waals surface area contributed by atoms with Gasteiger partial charge in [-0.05, 0) is 31.9 Å². The van der Waals surface area contributed by atoms with Crippen LogP contribution in [-0.4, -0.2) is 35.9 Å². The highest BCUT2D eigenvalue weighted by Gasteiger charge is 2.30. The molecule has 1 aromatic rings. The zero-order valence-electron chi connectivity index (χ0n) is 11.2. The van der Waals surface area contributed by atoms with Crippen LogP contribution >= 0.6 is 0 Å². The van der Waals surface area contributed by atoms with Crippen molar-refractivity contribution in [1.82, 2.24) is 10.6 Å². The number of urea groups is 1. The molecule has 2 rings (SSSR count). The molecule has 0 saturated heterocycles. The molecule has 0 unspecified atom stereocenters. The van der Waals surface area contributed by atoms with Gasteiger partial charge in [-0.1, -0.05) is 0 Å². The van der Waals surface area contributed by atoms with E-state index in [1.807, 2.05) is 6.92 Å². The molecule has 0 aliphatic heterocycles. The van der Waals surface area contributed by atoms with Crippen LogP contribution in [0.2, 0.25) is 0 Å². The molecule has 1 aromatic heterocycles. The van der Waals surface area contributed by atoms with Gasteiger partial charge in [0.25, 0.3) is 0 Å². The molecule has 0 aromatic carbocycles. The highest BCUT2D eigenvalue weighted by Crippen LogP contribution is 2.22. The number of amides is 2. The Labute approximate surface area is 116 Å². The molecule has 20 heavy (non-hydrogen) atoms. The SMILES string of the molecule is CCOC1CC(NC(=O)NCc2ccc(C(=O)O)o2)C1. The Morgan fingerprint density at radius 2 is 2.20 bits per heavy atom. The molecule has 2 amide bonds. The van der Waals surface area contributed by atoms with Crippen LogP contribution in [0.1, 0.15) is 36.1 Å². The summed E-state index contributed by atoms with van der Waals surface area (Å²) in [6.07, 6.45) is 1.89. The molecule has 1 aliphatic carbocycles. The number of furan rings is 1. The highest BCUT2D eigenvalue weighted by molar-refractivity contribution is 5.84. The van der Waals surface area contributed by atoms with Crippen molar-refractivity contribution in [1.29, 1.82) is 0 Å². The van der Waals surface area contributed by atoms with Crippen LogP contribution in [-0.2, 0) is 11.3 Å². The molecule has 0 spiro atoms. The molecule has 0 bridgehead atoms. The lowest BCUT2D eigenvalue weighted by atomic mass is 9.89. The third-order valence-electron chi connectivity index (χ3n) is 3.13. The van der Waals surface area contributed by atoms with Gasteiger partial charge < -0.3 is 24.9 Å². The first-order valence-corrected chi connectivity index (χ1v) is 6.56. The summed E-state index contributed by atoms with van der Waals surface area (Å²) in [5.74, 6) is -0.865. The van der Waals surface area contributed by atoms with E-state index in [4.69, 9.17) is 14.3 Å². The summed E-state index contributed by atoms with van der Waals surface area (Å²) in [5.41, 5.74) is 0. The van der Waals surface area contributed by atoms with Gasteiger partial charge in [0.15, 0.2) is 0 Å². The van der Waals surface area contributed by atoms with E-state index in [0.29, 0.717) is 12.4 Å². The molecule has 1 heterocycles. The fraction of sp³-hybridized carbons (Fsp3) is 0.538. The van der Waals surface area contributed by atoms with E-state index in [1.54, 1.807) is 0 Å². The minimum atomic E-state index is -1.13. The van der Waals surface area contributed by atoms with Gasteiger partial charge in [-0.25, -0.2) is 9.59 Å². The first-order valence-electron chi connectivity index (χ1n) is 6.56. The summed E-state index contributed by atoms with van der Waals surface area (Å²) in [6.45, 7) is 2.79. The average Bonchev–Trinajstić information content (AvgIpc) is 2.83. The molecule has 7 heteroatoms. The Kier molecular flexibility index (Phi) is 4.62. The van der Waals surface area contributed by atoms with Crippen LogP contribution in [0.25, 0.3) is 0 Å². The van der Waals surface area contributed by atoms with Gasteiger partial charge in [-0.2, -0.15) is 0 Å². The zero-order valence-corrected chi connectivity index (χ0v) is 11.2. The fourth-order valence-electron chi connectivity index (χ4n) is 2.05. The maximum Gasteiger partial charge on any atom is 0.371 e. The van der Waals surface area contributed by atoms with Crippen LogP contribution in [0.4, 0.5) is 4.79 Å². The molecule has 1 fully saturated rings. The first-order chi connectivity index (χ1) is 9.58. The first kappa shape index (κ1) is 14.4. The molecule has 1 saturated carbocycles. The van der Waals surface area contributed by atoms with Crippen molar-refractivity contribution in [2.24, 2.45) is 0 Å². The maximum absolute atomic E-state index is 11.6. The predicted octanol–water partition coefficient (Wildman–Crippen LogP) is 1.34. The third-order valence-corrected chi connectivity index (χ3v) is 3.13. The van der Waals surface area contributed by atoms with E-state index >= 15 is 0 Å². The Morgan fingerprint density at radius 3 is 2.80 bits per heavy atom. The minimum Gasteiger partial charge on any atom is -0.475 e. The van der Waals surface area contributed by atoms with E-state index in [9.17, 15) is 9.59 Å². The molecule has 3 N–H and O–H groups in total. The normalized spacial score (nSPS) is 21.1. The van der Waals surface area contributed by atoms with E-state index in [2.05, 4.69) is 10.6 Å². The van der Waals surface area contributed by atoms with Crippen LogP contribution in [0.3, 0.4) is 0 Å². The average molecular weight is 282 g/mol. The van der Waals surface area contributed by atoms with Crippen LogP contribution in [0.5, 0.6) is 0 Å². The summed E-state index contributed by atoms with van der Waals surface area (Å²) in [5, 5.41) is 14.1. The Bertz CT molecular complexity index is 479. The zero-order chi connectivity index (χ0) is 14.5. The monoisotopic (exact) mass is 282 g/mol. The van der Waals surface area contributed by atoms with Crippen molar-refractivity contribution >= 4 is 12.0 Å². The van der Waals surface area contributed by atoms with Crippen molar-refractivity contribution in [3.05, 3.63) is 23.7 Å². The van der Waals surface area contributed by atoms with Gasteiger partial charge in [-0.3, -0.25) is 0 Å². The number of carbonyl (C=O) groups excluding carboxylic acids is 1. The second-order valence-corrected chi connectivity index (χ2v) is 4.64. The standard InChI is InChI=1S/C13H18N2O5/c1-2-19-10-5-8(6-10)15-13(18)14-7-9-3-4-11(20-9)12(16)17/h3-4,8,10H,2,5-7H2,1H3,(H,16,17)(H2,14,15,18). The van der Waals surface area contributed by atoms with Crippen molar-refractivity contribution in [2.45, 2.75) is 38.5 Å². The summed E-state index contributed by atoms with van der Waals surface area (Å²) in [7, 11) is 0. The van der Waals surface area contributed by atoms with E-state index in [0.717, 1.165) is 12.8 Å². The number of hydrogen-bond donors (Lipinski definition) is 3. The molecule has 0 radical (unpaired) electrons. The molecule has 0 atom stereocenters. The number of rotatable bonds is 6. The van der Waals surface area contributed by atoms with Gasteiger partial charge in [0, 0.05) is 12.6 Å². The van der Waals surface area contributed by atoms with Gasteiger partial charge in [-0.15, -0.1) is 0 Å². The molecule has 1 aliphatic rings. The van der Waals surface area contributed by atoms with Gasteiger partial charge in [0.05, 0.1) is 12.6 Å². The van der Waals surface area contributed by atoms with E-state index in [-0.39, 0.29) is 30.5 Å². The predicted molar refractivity (Wildman–Crippen MR) is 69.5 cm³/mol. The van der Waals surface area contributed by atoms with Gasteiger partial charge in [0.2, 0.25) is 5.76 Å². The second-order valence-electron chi connectivity index (χ2n) is 4.64. The lowest BCUT2D eigenvalue weighted by Crippen LogP contribution is -2.50. The van der Waals surface area contributed by atoms with Crippen molar-refractivity contribution in [3.8, 4) is 0 Å². The summed E-state index contributed by atoms with van der Waals surface area (Å²) in [6, 6.07) is 2.73. The quantitative estimate of drug-likeness (QED) is 0.731. The summed E-state index contributed by atoms with van der Waals surface area (Å²) in [4.78, 5) is 22.2. The minimum absolute atomic E-state index is 0.137. The van der Waals surface area contributed by atoms with E-state index in [1.165, 1.54) is 12.1 Å². The van der Waals surface area contributed by atoms with Crippen molar-refractivity contribution in [2.75, 3.05) is 6.61 Å². The third kappa shape index (κ3) is 3.74. The Balaban J connectivity index is 1.66. The summed E-state index contributed by atoms with van der Waals surface area (Å²) < 4.78 is 10.4. The highest BCUT2D eigenvalue weighted by atomic mass is 16.5. The molecular weight excluding hydrogens is 264 g/mol. The summed E-state index contributed by atoms with van der Waals surface area (Å²) >= 11 is 0. The topological polar surface area (TPSA) is 101 Å². The number of carbonyl (C=O) groups is 2. The van der Waals surface area contributed by atoms with Crippen molar-refractivity contribution < 1.29 is 23.8 Å². The van der Waals surface area contributed by atoms with Gasteiger partial charge >= 0.3 is 12.0 Å². The number of ether oxygens (including phenoxy) is 1. The molecule has 7 nitrogen and oxygen atoms in total. The second kappa shape index (κ2) is 6.42. The Morgan fingerprint density at radius 1 is 1.45 bits per heavy atom. The number of carboxylic acids is 1. The van der Waals surface area contributed by atoms with E-state index < -0.39 is 5.97 Å². The van der Waals surface area contributed by atoms with Gasteiger partial charge in [0.1, 0.15) is 5.76 Å². The molecular formula is C13H18N2O5. The number of nitrogens with one attached hydrogen (secondary N) is 2. The van der Waals surface area contributed by atoms with Crippen LogP contribution in [0, 0.1) is 0 Å². The lowest BCUT2D eigenvalue weighted by molar-refractivity contribution is -0.00710. The maximum atomic E-state index is 11.6. The van der Waals surface area contributed by atoms with Crippen molar-refractivity contribution in [3.63, 3.8) is 0 Å². The van der Waals surface area contributed by atoms with Crippen LogP contribution < -0.4 is 10.6 Å². The lowest BCUT2D eigenvalue weighted by Gasteiger charge is -2.35. The number of carboxylic acid groups (broad SMARTS) is 1. The number of hydrogen-bond acceptors (Lipinski definition) is 4.